The molecule has 0 spiro atoms. The summed E-state index contributed by atoms with van der Waals surface area (Å²) in [4.78, 5) is 0. The molecule has 0 saturated carbocycles. The van der Waals surface area contributed by atoms with Gasteiger partial charge in [0.1, 0.15) is 0 Å². The van der Waals surface area contributed by atoms with E-state index in [2.05, 4.69) is 4.72 Å². The molecule has 0 rings (SSSR count). The van der Waals surface area contributed by atoms with E-state index in [-0.39, 0.29) is 18.8 Å². The fourth-order valence-electron chi connectivity index (χ4n) is 0.863. The van der Waals surface area contributed by atoms with Gasteiger partial charge < -0.3 is 5.73 Å². The van der Waals surface area contributed by atoms with Gasteiger partial charge >= 0.3 is 0 Å². The zero-order chi connectivity index (χ0) is 12.3. The molecule has 0 aliphatic heterocycles. The maximum atomic E-state index is 11.7. The van der Waals surface area contributed by atoms with Crippen LogP contribution in [0.1, 0.15) is 27.2 Å². The second kappa shape index (κ2) is 4.91. The lowest BCUT2D eigenvalue weighted by molar-refractivity contribution is 0.428. The Hall–Kier alpha value is -0.660. The zero-order valence-corrected chi connectivity index (χ0v) is 10.5. The van der Waals surface area contributed by atoms with Crippen molar-refractivity contribution in [1.29, 1.82) is 5.41 Å². The second-order valence-electron chi connectivity index (χ2n) is 4.45. The molecule has 15 heavy (non-hydrogen) atoms. The van der Waals surface area contributed by atoms with Crippen LogP contribution in [0, 0.1) is 5.41 Å². The molecule has 0 aliphatic rings. The van der Waals surface area contributed by atoms with Crippen molar-refractivity contribution in [3.63, 3.8) is 0 Å². The molecule has 0 atom stereocenters. The maximum absolute atomic E-state index is 11.7. The van der Waals surface area contributed by atoms with Crippen LogP contribution in [0.4, 0.5) is 0 Å². The molecule has 0 aromatic carbocycles. The highest BCUT2D eigenvalue weighted by Gasteiger charge is 2.23. The first-order valence-corrected chi connectivity index (χ1v) is 6.07. The van der Waals surface area contributed by atoms with E-state index in [1.807, 2.05) is 0 Å². The summed E-state index contributed by atoms with van der Waals surface area (Å²) < 4.78 is 27.0. The van der Waals surface area contributed by atoms with Crippen LogP contribution < -0.4 is 10.5 Å². The summed E-state index contributed by atoms with van der Waals surface area (Å²) >= 11 is 0. The van der Waals surface area contributed by atoms with Crippen LogP contribution in [0.2, 0.25) is 0 Å². The van der Waals surface area contributed by atoms with Crippen LogP contribution in [-0.2, 0) is 10.2 Å². The van der Waals surface area contributed by atoms with Gasteiger partial charge in [0.25, 0.3) is 10.2 Å². The van der Waals surface area contributed by atoms with Gasteiger partial charge in [-0.15, -0.1) is 0 Å². The van der Waals surface area contributed by atoms with E-state index in [0.29, 0.717) is 0 Å². The van der Waals surface area contributed by atoms with Gasteiger partial charge in [0.05, 0.1) is 5.84 Å². The van der Waals surface area contributed by atoms with Crippen LogP contribution in [0.5, 0.6) is 0 Å². The molecule has 6 nitrogen and oxygen atoms in total. The largest absolute Gasteiger partial charge is 0.388 e. The molecule has 0 unspecified atom stereocenters. The lowest BCUT2D eigenvalue weighted by Gasteiger charge is -2.25. The third-order valence-corrected chi connectivity index (χ3v) is 3.42. The van der Waals surface area contributed by atoms with Crippen molar-refractivity contribution in [2.75, 3.05) is 13.6 Å². The minimum Gasteiger partial charge on any atom is -0.388 e. The summed E-state index contributed by atoms with van der Waals surface area (Å²) in [5, 5.41) is 7.01. The Morgan fingerprint density at radius 1 is 1.47 bits per heavy atom. The zero-order valence-electron chi connectivity index (χ0n) is 9.66. The van der Waals surface area contributed by atoms with Crippen molar-refractivity contribution in [2.24, 2.45) is 5.73 Å². The number of nitrogens with two attached hydrogens (primary N) is 1. The summed E-state index contributed by atoms with van der Waals surface area (Å²) in [7, 11) is -2.03. The van der Waals surface area contributed by atoms with Gasteiger partial charge in [-0.2, -0.15) is 17.4 Å². The van der Waals surface area contributed by atoms with Gasteiger partial charge in [0.15, 0.2) is 0 Å². The van der Waals surface area contributed by atoms with Crippen LogP contribution in [-0.4, -0.2) is 37.7 Å². The number of hydrogen-bond donors (Lipinski definition) is 3. The lowest BCUT2D eigenvalue weighted by atomic mass is 10.1. The van der Waals surface area contributed by atoms with Gasteiger partial charge in [-0.25, -0.2) is 0 Å². The molecule has 0 bridgehead atoms. The van der Waals surface area contributed by atoms with E-state index in [0.717, 1.165) is 4.31 Å². The topological polar surface area (TPSA) is 99.3 Å². The van der Waals surface area contributed by atoms with Gasteiger partial charge in [-0.3, -0.25) is 5.41 Å². The fourth-order valence-corrected chi connectivity index (χ4v) is 2.12. The quantitative estimate of drug-likeness (QED) is 0.458. The predicted molar refractivity (Wildman–Crippen MR) is 61.0 cm³/mol. The molecule has 0 saturated heterocycles. The monoisotopic (exact) mass is 236 g/mol. The van der Waals surface area contributed by atoms with Gasteiger partial charge in [-0.05, 0) is 20.8 Å². The standard InChI is InChI=1S/C8H20N4O2S/c1-8(2,3)11-15(13,14)12(4)6-5-7(9)10/h11H,5-6H2,1-4H3,(H3,9,10). The predicted octanol–water partition coefficient (Wildman–Crippen LogP) is -0.123. The van der Waals surface area contributed by atoms with Gasteiger partial charge in [0.2, 0.25) is 0 Å². The minimum absolute atomic E-state index is 0.0205. The van der Waals surface area contributed by atoms with Crippen molar-refractivity contribution < 1.29 is 8.42 Å². The molecule has 0 fully saturated rings. The smallest absolute Gasteiger partial charge is 0.279 e. The Morgan fingerprint density at radius 3 is 2.27 bits per heavy atom. The first-order valence-electron chi connectivity index (χ1n) is 4.63. The van der Waals surface area contributed by atoms with E-state index in [4.69, 9.17) is 11.1 Å². The molecule has 90 valence electrons. The molecule has 0 heterocycles. The Kier molecular flexibility index (Phi) is 4.69. The van der Waals surface area contributed by atoms with Crippen LogP contribution in [0.15, 0.2) is 0 Å². The molecular formula is C8H20N4O2S. The molecule has 4 N–H and O–H groups in total. The average Bonchev–Trinajstić information content (AvgIpc) is 1.94. The van der Waals surface area contributed by atoms with E-state index < -0.39 is 15.7 Å². The van der Waals surface area contributed by atoms with Crippen molar-refractivity contribution in [3.8, 4) is 0 Å². The summed E-state index contributed by atoms with van der Waals surface area (Å²) in [5.74, 6) is -0.0205. The molecule has 0 amide bonds. The Labute approximate surface area is 91.5 Å². The summed E-state index contributed by atoms with van der Waals surface area (Å²) in [6.45, 7) is 5.51. The molecular weight excluding hydrogens is 216 g/mol. The number of rotatable bonds is 5. The molecule has 0 aliphatic carbocycles. The van der Waals surface area contributed by atoms with Gasteiger partial charge in [0, 0.05) is 25.6 Å². The number of hydrogen-bond acceptors (Lipinski definition) is 3. The van der Waals surface area contributed by atoms with Crippen molar-refractivity contribution >= 4 is 16.0 Å². The fraction of sp³-hybridized carbons (Fsp3) is 0.875. The van der Waals surface area contributed by atoms with Crippen molar-refractivity contribution in [2.45, 2.75) is 32.7 Å². The molecule has 0 aromatic rings. The lowest BCUT2D eigenvalue weighted by Crippen LogP contribution is -2.48. The highest BCUT2D eigenvalue weighted by molar-refractivity contribution is 7.87. The molecule has 0 radical (unpaired) electrons. The van der Waals surface area contributed by atoms with Crippen molar-refractivity contribution in [3.05, 3.63) is 0 Å². The van der Waals surface area contributed by atoms with Crippen LogP contribution in [0.3, 0.4) is 0 Å². The summed E-state index contributed by atoms with van der Waals surface area (Å²) in [6, 6.07) is 0. The van der Waals surface area contributed by atoms with E-state index in [9.17, 15) is 8.42 Å². The molecule has 0 aromatic heterocycles. The van der Waals surface area contributed by atoms with E-state index >= 15 is 0 Å². The van der Waals surface area contributed by atoms with E-state index in [1.54, 1.807) is 20.8 Å². The average molecular weight is 236 g/mol. The Morgan fingerprint density at radius 2 is 1.93 bits per heavy atom. The minimum atomic E-state index is -3.48. The first-order chi connectivity index (χ1) is 6.54. The first kappa shape index (κ1) is 14.3. The third-order valence-electron chi connectivity index (χ3n) is 1.54. The Balaban J connectivity index is 4.40. The van der Waals surface area contributed by atoms with E-state index in [1.165, 1.54) is 7.05 Å². The number of amidine groups is 1. The normalized spacial score (nSPS) is 13.1. The third kappa shape index (κ3) is 6.43. The van der Waals surface area contributed by atoms with Crippen LogP contribution >= 0.6 is 0 Å². The maximum Gasteiger partial charge on any atom is 0.279 e. The summed E-state index contributed by atoms with van der Waals surface area (Å²) in [5.41, 5.74) is 4.64. The SMILES string of the molecule is CN(CCC(=N)N)S(=O)(=O)NC(C)(C)C. The number of nitrogens with one attached hydrogen (secondary N) is 2. The van der Waals surface area contributed by atoms with Crippen LogP contribution in [0.25, 0.3) is 0 Å². The Bertz CT molecular complexity index is 318. The molecule has 7 heteroatoms. The summed E-state index contributed by atoms with van der Waals surface area (Å²) in [6.07, 6.45) is 0.238. The van der Waals surface area contributed by atoms with Gasteiger partial charge in [-0.1, -0.05) is 0 Å². The highest BCUT2D eigenvalue weighted by Crippen LogP contribution is 2.05. The van der Waals surface area contributed by atoms with Crippen molar-refractivity contribution in [1.82, 2.24) is 9.03 Å². The second-order valence-corrected chi connectivity index (χ2v) is 6.23. The highest BCUT2D eigenvalue weighted by atomic mass is 32.2. The number of nitrogens with zero attached hydrogens (tertiary/aromatic N) is 1.